The van der Waals surface area contributed by atoms with Crippen molar-refractivity contribution in [3.63, 3.8) is 0 Å². The van der Waals surface area contributed by atoms with Crippen molar-refractivity contribution in [2.75, 3.05) is 20.8 Å². The Hall–Kier alpha value is -1.98. The Balaban J connectivity index is 1.90. The first-order chi connectivity index (χ1) is 10.6. The van der Waals surface area contributed by atoms with Crippen molar-refractivity contribution in [1.29, 1.82) is 0 Å². The summed E-state index contributed by atoms with van der Waals surface area (Å²) < 4.78 is 16.5. The maximum Gasteiger partial charge on any atom is 0.125 e. The number of furan rings is 1. The van der Waals surface area contributed by atoms with Gasteiger partial charge in [-0.15, -0.1) is 0 Å². The largest absolute Gasteiger partial charge is 0.496 e. The SMILES string of the molecule is COc1ccc(OC)c2c1CN(Cc1ccc(C)o1)C[C@@H]2O. The Morgan fingerprint density at radius 3 is 2.55 bits per heavy atom. The van der Waals surface area contributed by atoms with Crippen molar-refractivity contribution < 1.29 is 19.0 Å². The highest BCUT2D eigenvalue weighted by molar-refractivity contribution is 5.51. The number of hydrogen-bond acceptors (Lipinski definition) is 5. The molecule has 0 saturated heterocycles. The molecule has 0 saturated carbocycles. The number of aliphatic hydroxyl groups is 1. The van der Waals surface area contributed by atoms with E-state index in [1.165, 1.54) is 0 Å². The number of aliphatic hydroxyl groups excluding tert-OH is 1. The molecule has 5 heteroatoms. The van der Waals surface area contributed by atoms with Gasteiger partial charge >= 0.3 is 0 Å². The highest BCUT2D eigenvalue weighted by atomic mass is 16.5. The first-order valence-corrected chi connectivity index (χ1v) is 7.32. The zero-order valence-electron chi connectivity index (χ0n) is 13.1. The van der Waals surface area contributed by atoms with Crippen molar-refractivity contribution in [3.8, 4) is 11.5 Å². The standard InChI is InChI=1S/C17H21NO4/c1-11-4-5-12(22-11)8-18-9-13-15(20-2)6-7-16(21-3)17(13)14(19)10-18/h4-7,14,19H,8-10H2,1-3H3/t14-/m0/s1. The van der Waals surface area contributed by atoms with Crippen LogP contribution in [-0.2, 0) is 13.1 Å². The quantitative estimate of drug-likeness (QED) is 0.941. The second kappa shape index (κ2) is 6.02. The number of benzene rings is 1. The predicted molar refractivity (Wildman–Crippen MR) is 82.1 cm³/mol. The maximum absolute atomic E-state index is 10.5. The number of fused-ring (bicyclic) bond motifs is 1. The van der Waals surface area contributed by atoms with Crippen LogP contribution in [0.3, 0.4) is 0 Å². The molecule has 0 bridgehead atoms. The minimum absolute atomic E-state index is 0.538. The lowest BCUT2D eigenvalue weighted by molar-refractivity contribution is 0.0802. The molecule has 0 radical (unpaired) electrons. The van der Waals surface area contributed by atoms with Gasteiger partial charge in [0.05, 0.1) is 26.9 Å². The first-order valence-electron chi connectivity index (χ1n) is 7.32. The van der Waals surface area contributed by atoms with Crippen molar-refractivity contribution >= 4 is 0 Å². The molecule has 1 aromatic carbocycles. The Labute approximate surface area is 130 Å². The molecule has 0 aliphatic carbocycles. The Morgan fingerprint density at radius 1 is 1.18 bits per heavy atom. The molecule has 1 aromatic heterocycles. The minimum Gasteiger partial charge on any atom is -0.496 e. The van der Waals surface area contributed by atoms with Crippen molar-refractivity contribution in [3.05, 3.63) is 46.9 Å². The monoisotopic (exact) mass is 303 g/mol. The van der Waals surface area contributed by atoms with E-state index in [9.17, 15) is 5.11 Å². The van der Waals surface area contributed by atoms with E-state index in [1.807, 2.05) is 31.2 Å². The fourth-order valence-electron chi connectivity index (χ4n) is 3.06. The third-order valence-corrected chi connectivity index (χ3v) is 4.04. The first kappa shape index (κ1) is 14.9. The fourth-order valence-corrected chi connectivity index (χ4v) is 3.06. The summed E-state index contributed by atoms with van der Waals surface area (Å²) in [4.78, 5) is 2.15. The van der Waals surface area contributed by atoms with Gasteiger partial charge in [-0.25, -0.2) is 0 Å². The normalized spacial score (nSPS) is 18.1. The molecule has 0 spiro atoms. The van der Waals surface area contributed by atoms with Crippen LogP contribution in [0, 0.1) is 6.92 Å². The van der Waals surface area contributed by atoms with E-state index in [-0.39, 0.29) is 0 Å². The van der Waals surface area contributed by atoms with E-state index >= 15 is 0 Å². The van der Waals surface area contributed by atoms with Gasteiger partial charge < -0.3 is 19.0 Å². The van der Waals surface area contributed by atoms with Gasteiger partial charge in [-0.1, -0.05) is 0 Å². The van der Waals surface area contributed by atoms with Gasteiger partial charge in [0.15, 0.2) is 0 Å². The summed E-state index contributed by atoms with van der Waals surface area (Å²) in [6.07, 6.45) is -0.607. The van der Waals surface area contributed by atoms with Crippen LogP contribution in [-0.4, -0.2) is 30.8 Å². The lowest BCUT2D eigenvalue weighted by atomic mass is 9.95. The zero-order valence-corrected chi connectivity index (χ0v) is 13.1. The topological polar surface area (TPSA) is 55.1 Å². The van der Waals surface area contributed by atoms with E-state index < -0.39 is 6.10 Å². The molecule has 1 aliphatic heterocycles. The zero-order chi connectivity index (χ0) is 15.7. The lowest BCUT2D eigenvalue weighted by Crippen LogP contribution is -2.33. The smallest absolute Gasteiger partial charge is 0.125 e. The second-order valence-corrected chi connectivity index (χ2v) is 5.56. The summed E-state index contributed by atoms with van der Waals surface area (Å²) in [6.45, 7) is 3.81. The summed E-state index contributed by atoms with van der Waals surface area (Å²) in [6, 6.07) is 7.64. The minimum atomic E-state index is -0.607. The third-order valence-electron chi connectivity index (χ3n) is 4.04. The third kappa shape index (κ3) is 2.69. The molecule has 1 aliphatic rings. The average Bonchev–Trinajstić information content (AvgIpc) is 2.91. The van der Waals surface area contributed by atoms with E-state index in [1.54, 1.807) is 14.2 Å². The molecule has 0 fully saturated rings. The van der Waals surface area contributed by atoms with Crippen molar-refractivity contribution in [2.45, 2.75) is 26.1 Å². The number of aryl methyl sites for hydroxylation is 1. The molecule has 22 heavy (non-hydrogen) atoms. The van der Waals surface area contributed by atoms with Crippen LogP contribution >= 0.6 is 0 Å². The molecule has 5 nitrogen and oxygen atoms in total. The van der Waals surface area contributed by atoms with E-state index in [2.05, 4.69) is 4.90 Å². The molecule has 1 N–H and O–H groups in total. The van der Waals surface area contributed by atoms with Gasteiger partial charge in [0.2, 0.25) is 0 Å². The van der Waals surface area contributed by atoms with Gasteiger partial charge in [0.1, 0.15) is 23.0 Å². The Morgan fingerprint density at radius 2 is 1.91 bits per heavy atom. The van der Waals surface area contributed by atoms with Gasteiger partial charge in [-0.2, -0.15) is 0 Å². The number of β-amino-alcohol motifs (C(OH)–C–C–N with tert-alkyl or cyclic N) is 1. The van der Waals surface area contributed by atoms with Gasteiger partial charge in [-0.05, 0) is 31.2 Å². The van der Waals surface area contributed by atoms with E-state index in [0.29, 0.717) is 25.4 Å². The molecule has 2 heterocycles. The average molecular weight is 303 g/mol. The van der Waals surface area contributed by atoms with Crippen LogP contribution in [0.1, 0.15) is 28.8 Å². The summed E-state index contributed by atoms with van der Waals surface area (Å²) in [7, 11) is 3.26. The number of hydrogen-bond donors (Lipinski definition) is 1. The predicted octanol–water partition coefficient (Wildman–Crippen LogP) is 2.65. The van der Waals surface area contributed by atoms with Crippen LogP contribution in [0.15, 0.2) is 28.7 Å². The van der Waals surface area contributed by atoms with Crippen LogP contribution in [0.5, 0.6) is 11.5 Å². The number of nitrogens with zero attached hydrogens (tertiary/aromatic N) is 1. The second-order valence-electron chi connectivity index (χ2n) is 5.56. The summed E-state index contributed by atoms with van der Waals surface area (Å²) >= 11 is 0. The van der Waals surface area contributed by atoms with E-state index in [0.717, 1.165) is 28.4 Å². The highest BCUT2D eigenvalue weighted by Crippen LogP contribution is 2.39. The van der Waals surface area contributed by atoms with Gasteiger partial charge in [-0.3, -0.25) is 4.90 Å². The van der Waals surface area contributed by atoms with Crippen molar-refractivity contribution in [2.24, 2.45) is 0 Å². The molecule has 0 unspecified atom stereocenters. The maximum atomic E-state index is 10.5. The number of methoxy groups -OCH3 is 2. The molecule has 2 aromatic rings. The number of rotatable bonds is 4. The Bertz CT molecular complexity index is 665. The highest BCUT2D eigenvalue weighted by Gasteiger charge is 2.29. The molecular formula is C17H21NO4. The summed E-state index contributed by atoms with van der Waals surface area (Å²) in [5.74, 6) is 3.27. The summed E-state index contributed by atoms with van der Waals surface area (Å²) in [5, 5.41) is 10.5. The van der Waals surface area contributed by atoms with E-state index in [4.69, 9.17) is 13.9 Å². The summed E-state index contributed by atoms with van der Waals surface area (Å²) in [5.41, 5.74) is 1.80. The van der Waals surface area contributed by atoms with Crippen LogP contribution < -0.4 is 9.47 Å². The van der Waals surface area contributed by atoms with Gasteiger partial charge in [0.25, 0.3) is 0 Å². The fraction of sp³-hybridized carbons (Fsp3) is 0.412. The molecule has 118 valence electrons. The Kier molecular flexibility index (Phi) is 4.09. The molecule has 3 rings (SSSR count). The van der Waals surface area contributed by atoms with Gasteiger partial charge in [0, 0.05) is 24.2 Å². The molecular weight excluding hydrogens is 282 g/mol. The molecule has 1 atom stereocenters. The van der Waals surface area contributed by atoms with Crippen LogP contribution in [0.25, 0.3) is 0 Å². The number of ether oxygens (including phenoxy) is 2. The van der Waals surface area contributed by atoms with Crippen LogP contribution in [0.2, 0.25) is 0 Å². The van der Waals surface area contributed by atoms with Crippen LogP contribution in [0.4, 0.5) is 0 Å². The molecule has 0 amide bonds. The lowest BCUT2D eigenvalue weighted by Gasteiger charge is -2.33. The van der Waals surface area contributed by atoms with Crippen molar-refractivity contribution in [1.82, 2.24) is 4.90 Å².